The Bertz CT molecular complexity index is 406. The Hall–Kier alpha value is -1.42. The summed E-state index contributed by atoms with van der Waals surface area (Å²) in [5.74, 6) is 0.503. The lowest BCUT2D eigenvalue weighted by molar-refractivity contribution is 0.0784. The Kier molecular flexibility index (Phi) is 3.74. The molecule has 4 heteroatoms. The van der Waals surface area contributed by atoms with Crippen LogP contribution in [0.15, 0.2) is 18.5 Å². The average Bonchev–Trinajstić information content (AvgIpc) is 2.77. The third-order valence-electron chi connectivity index (χ3n) is 3.23. The number of aryl methyl sites for hydroxylation is 1. The van der Waals surface area contributed by atoms with Crippen LogP contribution in [-0.2, 0) is 0 Å². The lowest BCUT2D eigenvalue weighted by atomic mass is 10.1. The summed E-state index contributed by atoms with van der Waals surface area (Å²) < 4.78 is 0. The fraction of sp³-hybridized carbons (Fsp3) is 0.538. The van der Waals surface area contributed by atoms with E-state index < -0.39 is 0 Å². The summed E-state index contributed by atoms with van der Waals surface area (Å²) in [5.41, 5.74) is 1.66. The summed E-state index contributed by atoms with van der Waals surface area (Å²) in [5, 5.41) is 8.89. The molecule has 1 aliphatic heterocycles. The van der Waals surface area contributed by atoms with E-state index in [1.165, 1.54) is 0 Å². The van der Waals surface area contributed by atoms with E-state index in [1.54, 1.807) is 12.4 Å². The number of likely N-dealkylation sites (tertiary alicyclic amines) is 1. The van der Waals surface area contributed by atoms with Gasteiger partial charge in [-0.25, -0.2) is 0 Å². The maximum atomic E-state index is 12.2. The highest BCUT2D eigenvalue weighted by Gasteiger charge is 2.26. The molecule has 0 aliphatic carbocycles. The van der Waals surface area contributed by atoms with E-state index in [2.05, 4.69) is 4.98 Å². The molecule has 1 N–H and O–H groups in total. The zero-order valence-electron chi connectivity index (χ0n) is 10.1. The zero-order valence-corrected chi connectivity index (χ0v) is 10.1. The van der Waals surface area contributed by atoms with Gasteiger partial charge in [0.1, 0.15) is 0 Å². The van der Waals surface area contributed by atoms with Gasteiger partial charge in [-0.2, -0.15) is 0 Å². The van der Waals surface area contributed by atoms with E-state index in [9.17, 15) is 4.79 Å². The van der Waals surface area contributed by atoms with Crippen molar-refractivity contribution in [3.05, 3.63) is 29.6 Å². The molecule has 4 nitrogen and oxygen atoms in total. The fourth-order valence-electron chi connectivity index (χ4n) is 2.29. The van der Waals surface area contributed by atoms with Crippen molar-refractivity contribution in [1.82, 2.24) is 9.88 Å². The molecule has 1 aromatic rings. The van der Waals surface area contributed by atoms with E-state index in [4.69, 9.17) is 5.11 Å². The van der Waals surface area contributed by atoms with Gasteiger partial charge in [0.25, 0.3) is 5.91 Å². The number of aromatic nitrogens is 1. The van der Waals surface area contributed by atoms with Crippen molar-refractivity contribution in [2.24, 2.45) is 5.92 Å². The summed E-state index contributed by atoms with van der Waals surface area (Å²) in [6.45, 7) is 3.69. The van der Waals surface area contributed by atoms with Gasteiger partial charge in [-0.05, 0) is 37.3 Å². The lowest BCUT2D eigenvalue weighted by Crippen LogP contribution is -2.28. The van der Waals surface area contributed by atoms with Crippen molar-refractivity contribution >= 4 is 5.91 Å². The van der Waals surface area contributed by atoms with Crippen LogP contribution < -0.4 is 0 Å². The molecule has 0 saturated carbocycles. The van der Waals surface area contributed by atoms with Gasteiger partial charge in [0.2, 0.25) is 0 Å². The SMILES string of the molecule is Cc1cncc(C(=O)N2CCC(CCO)C2)c1. The molecule has 0 spiro atoms. The number of pyridine rings is 1. The van der Waals surface area contributed by atoms with Gasteiger partial charge >= 0.3 is 0 Å². The number of nitrogens with zero attached hydrogens (tertiary/aromatic N) is 2. The molecule has 1 unspecified atom stereocenters. The Balaban J connectivity index is 2.02. The molecular weight excluding hydrogens is 216 g/mol. The number of aliphatic hydroxyl groups is 1. The van der Waals surface area contributed by atoms with E-state index in [0.717, 1.165) is 31.5 Å². The summed E-state index contributed by atoms with van der Waals surface area (Å²) in [6, 6.07) is 1.87. The third kappa shape index (κ3) is 2.82. The largest absolute Gasteiger partial charge is 0.396 e. The van der Waals surface area contributed by atoms with Crippen LogP contribution in [0, 0.1) is 12.8 Å². The molecule has 1 atom stereocenters. The highest BCUT2D eigenvalue weighted by Crippen LogP contribution is 2.21. The van der Waals surface area contributed by atoms with Crippen molar-refractivity contribution in [2.75, 3.05) is 19.7 Å². The van der Waals surface area contributed by atoms with Gasteiger partial charge in [-0.15, -0.1) is 0 Å². The first kappa shape index (κ1) is 12.0. The predicted octanol–water partition coefficient (Wildman–Crippen LogP) is 1.23. The number of amides is 1. The topological polar surface area (TPSA) is 53.4 Å². The Morgan fingerprint density at radius 3 is 3.12 bits per heavy atom. The van der Waals surface area contributed by atoms with Crippen molar-refractivity contribution < 1.29 is 9.90 Å². The molecule has 1 aromatic heterocycles. The number of aliphatic hydroxyl groups excluding tert-OH is 1. The molecule has 0 radical (unpaired) electrons. The molecule has 1 fully saturated rings. The zero-order chi connectivity index (χ0) is 12.3. The monoisotopic (exact) mass is 234 g/mol. The van der Waals surface area contributed by atoms with Crippen molar-refractivity contribution in [3.63, 3.8) is 0 Å². The van der Waals surface area contributed by atoms with Gasteiger partial charge in [0.15, 0.2) is 0 Å². The molecule has 1 aliphatic rings. The van der Waals surface area contributed by atoms with E-state index in [0.29, 0.717) is 11.5 Å². The standard InChI is InChI=1S/C13H18N2O2/c1-10-6-12(8-14-7-10)13(17)15-4-2-11(9-15)3-5-16/h6-8,11,16H,2-5,9H2,1H3. The molecule has 17 heavy (non-hydrogen) atoms. The Labute approximate surface area is 101 Å². The normalized spacial score (nSPS) is 19.6. The van der Waals surface area contributed by atoms with Gasteiger partial charge in [-0.1, -0.05) is 0 Å². The predicted molar refractivity (Wildman–Crippen MR) is 64.7 cm³/mol. The van der Waals surface area contributed by atoms with Crippen LogP contribution in [0.4, 0.5) is 0 Å². The van der Waals surface area contributed by atoms with Crippen molar-refractivity contribution in [2.45, 2.75) is 19.8 Å². The highest BCUT2D eigenvalue weighted by atomic mass is 16.3. The second kappa shape index (κ2) is 5.27. The van der Waals surface area contributed by atoms with Crippen molar-refractivity contribution in [1.29, 1.82) is 0 Å². The molecule has 92 valence electrons. The number of carbonyl (C=O) groups excluding carboxylic acids is 1. The van der Waals surface area contributed by atoms with E-state index in [-0.39, 0.29) is 12.5 Å². The van der Waals surface area contributed by atoms with Crippen LogP contribution in [0.1, 0.15) is 28.8 Å². The Morgan fingerprint density at radius 1 is 1.59 bits per heavy atom. The van der Waals surface area contributed by atoms with Crippen LogP contribution in [0.5, 0.6) is 0 Å². The van der Waals surface area contributed by atoms with E-state index in [1.807, 2.05) is 17.9 Å². The van der Waals surface area contributed by atoms with Crippen LogP contribution in [0.25, 0.3) is 0 Å². The fourth-order valence-corrected chi connectivity index (χ4v) is 2.29. The smallest absolute Gasteiger partial charge is 0.255 e. The number of hydrogen-bond donors (Lipinski definition) is 1. The molecule has 1 amide bonds. The highest BCUT2D eigenvalue weighted by molar-refractivity contribution is 5.94. The number of rotatable bonds is 3. The third-order valence-corrected chi connectivity index (χ3v) is 3.23. The second-order valence-electron chi connectivity index (χ2n) is 4.67. The van der Waals surface area contributed by atoms with E-state index >= 15 is 0 Å². The van der Waals surface area contributed by atoms with Gasteiger partial charge in [0, 0.05) is 32.1 Å². The summed E-state index contributed by atoms with van der Waals surface area (Å²) in [4.78, 5) is 18.1. The van der Waals surface area contributed by atoms with Crippen LogP contribution in [0.2, 0.25) is 0 Å². The average molecular weight is 234 g/mol. The first-order valence-electron chi connectivity index (χ1n) is 6.02. The summed E-state index contributed by atoms with van der Waals surface area (Å²) >= 11 is 0. The van der Waals surface area contributed by atoms with Gasteiger partial charge in [0.05, 0.1) is 5.56 Å². The molecule has 2 heterocycles. The minimum Gasteiger partial charge on any atom is -0.396 e. The molecule has 2 rings (SSSR count). The number of carbonyl (C=O) groups is 1. The summed E-state index contributed by atoms with van der Waals surface area (Å²) in [7, 11) is 0. The molecular formula is C13H18N2O2. The number of hydrogen-bond acceptors (Lipinski definition) is 3. The molecule has 0 aromatic carbocycles. The second-order valence-corrected chi connectivity index (χ2v) is 4.67. The lowest BCUT2D eigenvalue weighted by Gasteiger charge is -2.16. The van der Waals surface area contributed by atoms with Crippen LogP contribution in [-0.4, -0.2) is 40.6 Å². The van der Waals surface area contributed by atoms with Gasteiger partial charge in [-0.3, -0.25) is 9.78 Å². The van der Waals surface area contributed by atoms with Crippen molar-refractivity contribution in [3.8, 4) is 0 Å². The van der Waals surface area contributed by atoms with Crippen LogP contribution in [0.3, 0.4) is 0 Å². The minimum absolute atomic E-state index is 0.0571. The van der Waals surface area contributed by atoms with Crippen LogP contribution >= 0.6 is 0 Å². The summed E-state index contributed by atoms with van der Waals surface area (Å²) in [6.07, 6.45) is 5.14. The molecule has 0 bridgehead atoms. The van der Waals surface area contributed by atoms with Gasteiger partial charge < -0.3 is 10.0 Å². The first-order valence-corrected chi connectivity index (χ1v) is 6.02. The first-order chi connectivity index (χ1) is 8.20. The molecule has 1 saturated heterocycles. The maximum Gasteiger partial charge on any atom is 0.255 e. The minimum atomic E-state index is 0.0571. The quantitative estimate of drug-likeness (QED) is 0.856. The maximum absolute atomic E-state index is 12.2. The Morgan fingerprint density at radius 2 is 2.41 bits per heavy atom.